The van der Waals surface area contributed by atoms with Gasteiger partial charge in [0.1, 0.15) is 11.8 Å². The molecule has 0 fully saturated rings. The van der Waals surface area contributed by atoms with Crippen molar-refractivity contribution < 1.29 is 0 Å². The molecule has 78 valence electrons. The lowest BCUT2D eigenvalue weighted by Gasteiger charge is -2.15. The van der Waals surface area contributed by atoms with Crippen molar-refractivity contribution in [3.05, 3.63) is 34.0 Å². The topological polar surface area (TPSA) is 50.2 Å². The van der Waals surface area contributed by atoms with Crippen molar-refractivity contribution in [2.24, 2.45) is 5.41 Å². The van der Waals surface area contributed by atoms with Crippen LogP contribution in [0.15, 0.2) is 17.2 Å². The molecule has 2 aromatic heterocycles. The molecular weight excluding hydrogens is 190 g/mol. The Hall–Kier alpha value is -1.58. The summed E-state index contributed by atoms with van der Waals surface area (Å²) in [5.41, 5.74) is 3.37. The number of aromatic nitrogens is 3. The minimum atomic E-state index is -0.0581. The molecule has 1 N–H and O–H groups in total. The normalized spacial score (nSPS) is 18.3. The number of fused-ring (bicyclic) bond motifs is 3. The summed E-state index contributed by atoms with van der Waals surface area (Å²) in [5, 5.41) is 4.20. The number of hydrogen-bond acceptors (Lipinski definition) is 2. The van der Waals surface area contributed by atoms with Crippen LogP contribution in [-0.4, -0.2) is 14.6 Å². The summed E-state index contributed by atoms with van der Waals surface area (Å²) in [6, 6.07) is 1.97. The van der Waals surface area contributed by atoms with E-state index < -0.39 is 0 Å². The van der Waals surface area contributed by atoms with Crippen LogP contribution in [0, 0.1) is 5.41 Å². The smallest absolute Gasteiger partial charge is 0.275 e. The quantitative estimate of drug-likeness (QED) is 0.698. The number of nitrogens with one attached hydrogen (secondary N) is 1. The SMILES string of the molecule is CC1(C)Cc2cc3c(=O)[nH]cnn3c2C1. The molecule has 1 aliphatic carbocycles. The van der Waals surface area contributed by atoms with E-state index in [1.807, 2.05) is 6.07 Å². The molecule has 15 heavy (non-hydrogen) atoms. The zero-order valence-corrected chi connectivity index (χ0v) is 8.87. The average Bonchev–Trinajstić information content (AvgIpc) is 2.59. The second kappa shape index (κ2) is 2.51. The fourth-order valence-corrected chi connectivity index (χ4v) is 2.48. The maximum atomic E-state index is 11.5. The summed E-state index contributed by atoms with van der Waals surface area (Å²) < 4.78 is 1.78. The van der Waals surface area contributed by atoms with Gasteiger partial charge in [0.15, 0.2) is 0 Å². The molecule has 0 radical (unpaired) electrons. The van der Waals surface area contributed by atoms with E-state index in [4.69, 9.17) is 0 Å². The van der Waals surface area contributed by atoms with Crippen LogP contribution in [0.4, 0.5) is 0 Å². The molecule has 2 aromatic rings. The van der Waals surface area contributed by atoms with Crippen molar-refractivity contribution in [2.45, 2.75) is 26.7 Å². The van der Waals surface area contributed by atoms with E-state index in [0.717, 1.165) is 12.8 Å². The van der Waals surface area contributed by atoms with Crippen LogP contribution in [0.1, 0.15) is 25.1 Å². The highest BCUT2D eigenvalue weighted by molar-refractivity contribution is 5.52. The van der Waals surface area contributed by atoms with Crippen LogP contribution in [0.2, 0.25) is 0 Å². The van der Waals surface area contributed by atoms with Gasteiger partial charge < -0.3 is 4.98 Å². The van der Waals surface area contributed by atoms with E-state index in [-0.39, 0.29) is 5.56 Å². The largest absolute Gasteiger partial charge is 0.310 e. The lowest BCUT2D eigenvalue weighted by atomic mass is 9.90. The molecule has 0 amide bonds. The zero-order valence-electron chi connectivity index (χ0n) is 8.87. The molecule has 4 heteroatoms. The minimum absolute atomic E-state index is 0.0581. The molecule has 0 aromatic carbocycles. The molecule has 2 heterocycles. The van der Waals surface area contributed by atoms with E-state index >= 15 is 0 Å². The number of rotatable bonds is 0. The Morgan fingerprint density at radius 2 is 2.27 bits per heavy atom. The first-order valence-electron chi connectivity index (χ1n) is 5.14. The second-order valence-corrected chi connectivity index (χ2v) is 5.05. The van der Waals surface area contributed by atoms with Gasteiger partial charge in [0.2, 0.25) is 0 Å². The Bertz CT molecular complexity index is 591. The van der Waals surface area contributed by atoms with Gasteiger partial charge >= 0.3 is 0 Å². The van der Waals surface area contributed by atoms with Crippen molar-refractivity contribution in [3.63, 3.8) is 0 Å². The lowest BCUT2D eigenvalue weighted by molar-refractivity contribution is 0.387. The first-order chi connectivity index (χ1) is 7.07. The van der Waals surface area contributed by atoms with Crippen LogP contribution < -0.4 is 5.56 Å². The average molecular weight is 203 g/mol. The standard InChI is InChI=1S/C11H13N3O/c1-11(2)4-7-3-8-10(15)12-6-13-14(8)9(7)5-11/h3,6H,4-5H2,1-2H3,(H,12,13,15). The van der Waals surface area contributed by atoms with Gasteiger partial charge in [-0.1, -0.05) is 13.8 Å². The summed E-state index contributed by atoms with van der Waals surface area (Å²) in [6.45, 7) is 4.49. The maximum Gasteiger partial charge on any atom is 0.275 e. The molecule has 0 spiro atoms. The van der Waals surface area contributed by atoms with Gasteiger partial charge in [-0.05, 0) is 29.9 Å². The third kappa shape index (κ3) is 1.14. The second-order valence-electron chi connectivity index (χ2n) is 5.05. The fraction of sp³-hybridized carbons (Fsp3) is 0.455. The molecule has 0 atom stereocenters. The Morgan fingerprint density at radius 1 is 1.47 bits per heavy atom. The van der Waals surface area contributed by atoms with E-state index in [1.54, 1.807) is 4.52 Å². The predicted molar refractivity (Wildman–Crippen MR) is 57.0 cm³/mol. The van der Waals surface area contributed by atoms with Gasteiger partial charge in [0, 0.05) is 5.69 Å². The molecular formula is C11H13N3O. The summed E-state index contributed by atoms with van der Waals surface area (Å²) in [6.07, 6.45) is 3.49. The number of aromatic amines is 1. The fourth-order valence-electron chi connectivity index (χ4n) is 2.48. The maximum absolute atomic E-state index is 11.5. The highest BCUT2D eigenvalue weighted by Crippen LogP contribution is 2.36. The molecule has 4 nitrogen and oxygen atoms in total. The van der Waals surface area contributed by atoms with Crippen LogP contribution in [0.3, 0.4) is 0 Å². The summed E-state index contributed by atoms with van der Waals surface area (Å²) in [7, 11) is 0. The van der Waals surface area contributed by atoms with Crippen molar-refractivity contribution >= 4 is 5.52 Å². The Balaban J connectivity index is 2.33. The molecule has 0 aliphatic heterocycles. The van der Waals surface area contributed by atoms with Gasteiger partial charge in [-0.2, -0.15) is 5.10 Å². The molecule has 0 bridgehead atoms. The van der Waals surface area contributed by atoms with Crippen molar-refractivity contribution in [2.75, 3.05) is 0 Å². The van der Waals surface area contributed by atoms with Crippen LogP contribution in [-0.2, 0) is 12.8 Å². The highest BCUT2D eigenvalue weighted by atomic mass is 16.1. The van der Waals surface area contributed by atoms with Gasteiger partial charge in [-0.15, -0.1) is 0 Å². The Kier molecular flexibility index (Phi) is 1.45. The van der Waals surface area contributed by atoms with Crippen LogP contribution in [0.25, 0.3) is 5.52 Å². The number of hydrogen-bond donors (Lipinski definition) is 1. The molecule has 1 aliphatic rings. The summed E-state index contributed by atoms with van der Waals surface area (Å²) in [5.74, 6) is 0. The third-order valence-electron chi connectivity index (χ3n) is 3.08. The Labute approximate surface area is 86.9 Å². The van der Waals surface area contributed by atoms with Crippen LogP contribution in [0.5, 0.6) is 0 Å². The van der Waals surface area contributed by atoms with Gasteiger partial charge in [-0.25, -0.2) is 4.52 Å². The van der Waals surface area contributed by atoms with Crippen molar-refractivity contribution in [1.29, 1.82) is 0 Å². The summed E-state index contributed by atoms with van der Waals surface area (Å²) >= 11 is 0. The van der Waals surface area contributed by atoms with Gasteiger partial charge in [0.05, 0.1) is 0 Å². The molecule has 3 rings (SSSR count). The minimum Gasteiger partial charge on any atom is -0.310 e. The van der Waals surface area contributed by atoms with Gasteiger partial charge in [0.25, 0.3) is 5.56 Å². The predicted octanol–water partition coefficient (Wildman–Crippen LogP) is 1.15. The molecule has 0 saturated heterocycles. The Morgan fingerprint density at radius 3 is 3.07 bits per heavy atom. The van der Waals surface area contributed by atoms with Crippen LogP contribution >= 0.6 is 0 Å². The monoisotopic (exact) mass is 203 g/mol. The van der Waals surface area contributed by atoms with E-state index in [0.29, 0.717) is 10.9 Å². The van der Waals surface area contributed by atoms with E-state index in [9.17, 15) is 4.79 Å². The van der Waals surface area contributed by atoms with Gasteiger partial charge in [-0.3, -0.25) is 4.79 Å². The molecule has 0 unspecified atom stereocenters. The zero-order chi connectivity index (χ0) is 10.6. The van der Waals surface area contributed by atoms with E-state index in [1.165, 1.54) is 17.6 Å². The van der Waals surface area contributed by atoms with E-state index in [2.05, 4.69) is 23.9 Å². The highest BCUT2D eigenvalue weighted by Gasteiger charge is 2.31. The first kappa shape index (κ1) is 8.71. The first-order valence-corrected chi connectivity index (χ1v) is 5.14. The van der Waals surface area contributed by atoms with Crippen molar-refractivity contribution in [3.8, 4) is 0 Å². The van der Waals surface area contributed by atoms with Crippen molar-refractivity contribution in [1.82, 2.24) is 14.6 Å². The third-order valence-corrected chi connectivity index (χ3v) is 3.08. The number of H-pyrrole nitrogens is 1. The summed E-state index contributed by atoms with van der Waals surface area (Å²) in [4.78, 5) is 14.1. The molecule has 0 saturated carbocycles. The lowest BCUT2D eigenvalue weighted by Crippen LogP contribution is -2.15. The number of nitrogens with zero attached hydrogens (tertiary/aromatic N) is 2.